The summed E-state index contributed by atoms with van der Waals surface area (Å²) in [7, 11) is 1.29. The molecule has 6 nitrogen and oxygen atoms in total. The van der Waals surface area contributed by atoms with Crippen LogP contribution in [0.15, 0.2) is 0 Å². The molecule has 110 valence electrons. The van der Waals surface area contributed by atoms with Crippen LogP contribution in [0.2, 0.25) is 0 Å². The first-order valence-corrected chi connectivity index (χ1v) is 6.50. The minimum Gasteiger partial charge on any atom is -0.465 e. The SMILES string of the molecule is CCO[C@@]1(C(=O)OC)CCCN1C(=O)OC(C)(C)C. The third-order valence-corrected chi connectivity index (χ3v) is 2.83. The Balaban J connectivity index is 2.96. The maximum atomic E-state index is 12.2. The molecule has 6 heteroatoms. The van der Waals surface area contributed by atoms with E-state index in [2.05, 4.69) is 0 Å². The van der Waals surface area contributed by atoms with E-state index in [0.717, 1.165) is 0 Å². The van der Waals surface area contributed by atoms with Gasteiger partial charge in [0.1, 0.15) is 5.60 Å². The molecule has 0 bridgehead atoms. The molecule has 1 heterocycles. The van der Waals surface area contributed by atoms with Gasteiger partial charge in [0, 0.05) is 19.6 Å². The predicted molar refractivity (Wildman–Crippen MR) is 68.5 cm³/mol. The lowest BCUT2D eigenvalue weighted by Crippen LogP contribution is -2.56. The van der Waals surface area contributed by atoms with Crippen LogP contribution in [0.5, 0.6) is 0 Å². The molecule has 0 radical (unpaired) electrons. The van der Waals surface area contributed by atoms with Gasteiger partial charge in [-0.15, -0.1) is 0 Å². The van der Waals surface area contributed by atoms with Crippen LogP contribution in [0.4, 0.5) is 4.79 Å². The third-order valence-electron chi connectivity index (χ3n) is 2.83. The van der Waals surface area contributed by atoms with Crippen molar-refractivity contribution in [2.45, 2.75) is 51.9 Å². The molecule has 1 aliphatic heterocycles. The highest BCUT2D eigenvalue weighted by Crippen LogP contribution is 2.33. The van der Waals surface area contributed by atoms with E-state index in [1.54, 1.807) is 27.7 Å². The Morgan fingerprint density at radius 3 is 2.42 bits per heavy atom. The summed E-state index contributed by atoms with van der Waals surface area (Å²) < 4.78 is 15.6. The number of carbonyl (C=O) groups is 2. The van der Waals surface area contributed by atoms with E-state index >= 15 is 0 Å². The molecule has 0 aliphatic carbocycles. The highest BCUT2D eigenvalue weighted by atomic mass is 16.6. The Bertz CT molecular complexity index is 349. The third kappa shape index (κ3) is 3.37. The van der Waals surface area contributed by atoms with E-state index in [1.165, 1.54) is 12.0 Å². The van der Waals surface area contributed by atoms with Gasteiger partial charge < -0.3 is 14.2 Å². The molecule has 0 aromatic heterocycles. The molecule has 0 N–H and O–H groups in total. The average molecular weight is 273 g/mol. The summed E-state index contributed by atoms with van der Waals surface area (Å²) in [6.07, 6.45) is 0.546. The highest BCUT2D eigenvalue weighted by molar-refractivity contribution is 5.85. The summed E-state index contributed by atoms with van der Waals surface area (Å²) in [4.78, 5) is 25.5. The largest absolute Gasteiger partial charge is 0.465 e. The van der Waals surface area contributed by atoms with Crippen LogP contribution in [0.3, 0.4) is 0 Å². The molecule has 0 aromatic carbocycles. The number of methoxy groups -OCH3 is 1. The van der Waals surface area contributed by atoms with Crippen LogP contribution >= 0.6 is 0 Å². The van der Waals surface area contributed by atoms with Gasteiger partial charge in [-0.1, -0.05) is 0 Å². The second-order valence-corrected chi connectivity index (χ2v) is 5.44. The van der Waals surface area contributed by atoms with Crippen molar-refractivity contribution in [2.75, 3.05) is 20.3 Å². The molecule has 1 amide bonds. The van der Waals surface area contributed by atoms with Gasteiger partial charge in [0.05, 0.1) is 7.11 Å². The van der Waals surface area contributed by atoms with Gasteiger partial charge in [0.25, 0.3) is 0 Å². The second-order valence-electron chi connectivity index (χ2n) is 5.44. The first kappa shape index (κ1) is 15.8. The minimum atomic E-state index is -1.34. The van der Waals surface area contributed by atoms with Crippen molar-refractivity contribution in [2.24, 2.45) is 0 Å². The first-order valence-electron chi connectivity index (χ1n) is 6.50. The highest BCUT2D eigenvalue weighted by Gasteiger charge is 2.53. The number of rotatable bonds is 3. The summed E-state index contributed by atoms with van der Waals surface area (Å²) in [5.74, 6) is -0.558. The van der Waals surface area contributed by atoms with E-state index in [4.69, 9.17) is 14.2 Å². The number of ether oxygens (including phenoxy) is 3. The van der Waals surface area contributed by atoms with E-state index in [1.807, 2.05) is 0 Å². The van der Waals surface area contributed by atoms with Gasteiger partial charge in [0.2, 0.25) is 5.72 Å². The van der Waals surface area contributed by atoms with Crippen LogP contribution in [0.1, 0.15) is 40.5 Å². The molecular formula is C13H23NO5. The zero-order chi connectivity index (χ0) is 14.7. The van der Waals surface area contributed by atoms with Crippen LogP contribution in [-0.4, -0.2) is 48.5 Å². The van der Waals surface area contributed by atoms with Crippen molar-refractivity contribution >= 4 is 12.1 Å². The molecule has 1 atom stereocenters. The topological polar surface area (TPSA) is 65.1 Å². The molecule has 19 heavy (non-hydrogen) atoms. The second kappa shape index (κ2) is 5.77. The Morgan fingerprint density at radius 2 is 1.95 bits per heavy atom. The maximum Gasteiger partial charge on any atom is 0.413 e. The standard InChI is InChI=1S/C13H23NO5/c1-6-18-13(10(15)17-5)8-7-9-14(13)11(16)19-12(2,3)4/h6-9H2,1-5H3/t13-/m1/s1. The van der Waals surface area contributed by atoms with Crippen LogP contribution < -0.4 is 0 Å². The maximum absolute atomic E-state index is 12.2. The molecule has 0 spiro atoms. The number of amides is 1. The van der Waals surface area contributed by atoms with Crippen molar-refractivity contribution in [3.8, 4) is 0 Å². The summed E-state index contributed by atoms with van der Waals surface area (Å²) in [6, 6.07) is 0. The van der Waals surface area contributed by atoms with Gasteiger partial charge in [-0.05, 0) is 34.1 Å². The van der Waals surface area contributed by atoms with E-state index in [9.17, 15) is 9.59 Å². The molecule has 0 aromatic rings. The van der Waals surface area contributed by atoms with Crippen LogP contribution in [-0.2, 0) is 19.0 Å². The van der Waals surface area contributed by atoms with Crippen molar-refractivity contribution in [3.05, 3.63) is 0 Å². The normalized spacial score (nSPS) is 23.3. The fourth-order valence-electron chi connectivity index (χ4n) is 2.17. The monoisotopic (exact) mass is 273 g/mol. The van der Waals surface area contributed by atoms with Crippen LogP contribution in [0, 0.1) is 0 Å². The molecule has 1 rings (SSSR count). The van der Waals surface area contributed by atoms with Crippen molar-refractivity contribution in [1.29, 1.82) is 0 Å². The summed E-state index contributed by atoms with van der Waals surface area (Å²) >= 11 is 0. The molecule has 0 unspecified atom stereocenters. The van der Waals surface area contributed by atoms with Crippen molar-refractivity contribution < 1.29 is 23.8 Å². The molecule has 1 aliphatic rings. The average Bonchev–Trinajstić information content (AvgIpc) is 2.71. The molecule has 1 saturated heterocycles. The number of hydrogen-bond acceptors (Lipinski definition) is 5. The predicted octanol–water partition coefficient (Wildman–Crippen LogP) is 1.92. The van der Waals surface area contributed by atoms with Gasteiger partial charge in [-0.25, -0.2) is 9.59 Å². The molecular weight excluding hydrogens is 250 g/mol. The van der Waals surface area contributed by atoms with Gasteiger partial charge in [0.15, 0.2) is 0 Å². The number of likely N-dealkylation sites (tertiary alicyclic amines) is 1. The van der Waals surface area contributed by atoms with E-state index < -0.39 is 23.4 Å². The zero-order valence-corrected chi connectivity index (χ0v) is 12.3. The van der Waals surface area contributed by atoms with Crippen molar-refractivity contribution in [1.82, 2.24) is 4.90 Å². The lowest BCUT2D eigenvalue weighted by atomic mass is 10.1. The molecule has 0 saturated carbocycles. The summed E-state index contributed by atoms with van der Waals surface area (Å²) in [5.41, 5.74) is -1.96. The molecule has 1 fully saturated rings. The Morgan fingerprint density at radius 1 is 1.32 bits per heavy atom. The van der Waals surface area contributed by atoms with Crippen LogP contribution in [0.25, 0.3) is 0 Å². The van der Waals surface area contributed by atoms with Crippen molar-refractivity contribution in [3.63, 3.8) is 0 Å². The number of hydrogen-bond donors (Lipinski definition) is 0. The smallest absolute Gasteiger partial charge is 0.413 e. The fraction of sp³-hybridized carbons (Fsp3) is 0.846. The Labute approximate surface area is 114 Å². The van der Waals surface area contributed by atoms with Gasteiger partial charge in [-0.2, -0.15) is 0 Å². The summed E-state index contributed by atoms with van der Waals surface area (Å²) in [5, 5.41) is 0. The lowest BCUT2D eigenvalue weighted by Gasteiger charge is -2.36. The number of nitrogens with zero attached hydrogens (tertiary/aromatic N) is 1. The van der Waals surface area contributed by atoms with Gasteiger partial charge in [-0.3, -0.25) is 4.90 Å². The minimum absolute atomic E-state index is 0.314. The Hall–Kier alpha value is -1.30. The quantitative estimate of drug-likeness (QED) is 0.735. The Kier molecular flexibility index (Phi) is 4.79. The van der Waals surface area contributed by atoms with E-state index in [-0.39, 0.29) is 0 Å². The number of esters is 1. The van der Waals surface area contributed by atoms with Gasteiger partial charge >= 0.3 is 12.1 Å². The summed E-state index contributed by atoms with van der Waals surface area (Å²) in [6.45, 7) is 7.85. The van der Waals surface area contributed by atoms with E-state index in [0.29, 0.717) is 26.0 Å². The number of carbonyl (C=O) groups excluding carboxylic acids is 2. The zero-order valence-electron chi connectivity index (χ0n) is 12.3. The first-order chi connectivity index (χ1) is 8.77. The lowest BCUT2D eigenvalue weighted by molar-refractivity contribution is -0.189. The fourth-order valence-corrected chi connectivity index (χ4v) is 2.17.